The van der Waals surface area contributed by atoms with Gasteiger partial charge in [-0.05, 0) is 6.92 Å². The van der Waals surface area contributed by atoms with E-state index < -0.39 is 31.1 Å². The first-order chi connectivity index (χ1) is 8.17. The molecule has 0 aliphatic carbocycles. The molecule has 0 heterocycles. The minimum Gasteiger partial charge on any atom is -0.481 e. The molecule has 2 amide bonds. The number of nitrogens with zero attached hydrogens (tertiary/aromatic N) is 2. The van der Waals surface area contributed by atoms with E-state index in [1.165, 1.54) is 11.9 Å². The second-order valence-electron chi connectivity index (χ2n) is 3.79. The zero-order valence-corrected chi connectivity index (χ0v) is 10.3. The van der Waals surface area contributed by atoms with E-state index in [9.17, 15) is 22.8 Å². The van der Waals surface area contributed by atoms with E-state index >= 15 is 0 Å². The van der Waals surface area contributed by atoms with Crippen molar-refractivity contribution in [2.45, 2.75) is 25.9 Å². The first kappa shape index (κ1) is 16.5. The lowest BCUT2D eigenvalue weighted by atomic mass is 10.3. The minimum atomic E-state index is -4.31. The zero-order valence-electron chi connectivity index (χ0n) is 10.3. The number of halogens is 3. The van der Waals surface area contributed by atoms with Crippen LogP contribution in [0.2, 0.25) is 0 Å². The summed E-state index contributed by atoms with van der Waals surface area (Å²) in [6, 6.07) is -0.594. The lowest BCUT2D eigenvalue weighted by Gasteiger charge is -2.27. The molecule has 0 aliphatic rings. The number of aliphatic carboxylic acids is 1. The van der Waals surface area contributed by atoms with E-state index in [0.717, 1.165) is 4.90 Å². The van der Waals surface area contributed by atoms with E-state index in [-0.39, 0.29) is 19.5 Å². The number of carboxylic acids is 1. The average molecular weight is 270 g/mol. The summed E-state index contributed by atoms with van der Waals surface area (Å²) >= 11 is 0. The Morgan fingerprint density at radius 2 is 1.78 bits per heavy atom. The van der Waals surface area contributed by atoms with Crippen LogP contribution >= 0.6 is 0 Å². The molecule has 106 valence electrons. The molecular weight excluding hydrogens is 253 g/mol. The van der Waals surface area contributed by atoms with E-state index in [0.29, 0.717) is 0 Å². The maximum atomic E-state index is 12.0. The first-order valence-corrected chi connectivity index (χ1v) is 5.46. The van der Waals surface area contributed by atoms with Gasteiger partial charge < -0.3 is 14.9 Å². The Balaban J connectivity index is 4.27. The fourth-order valence-corrected chi connectivity index (χ4v) is 1.25. The fraction of sp³-hybridized carbons (Fsp3) is 0.800. The molecule has 5 nitrogen and oxygen atoms in total. The smallest absolute Gasteiger partial charge is 0.390 e. The average Bonchev–Trinajstić information content (AvgIpc) is 2.25. The summed E-state index contributed by atoms with van der Waals surface area (Å²) in [4.78, 5) is 24.2. The maximum absolute atomic E-state index is 12.0. The van der Waals surface area contributed by atoms with Crippen molar-refractivity contribution in [2.24, 2.45) is 0 Å². The fourth-order valence-electron chi connectivity index (χ4n) is 1.25. The standard InChI is InChI=1S/C10H17F3N2O3/c1-3-15(6-4-8(16)17)9(18)14(2)7-5-10(11,12)13/h3-7H2,1-2H3,(H,16,17). The number of hydrogen-bond acceptors (Lipinski definition) is 2. The summed E-state index contributed by atoms with van der Waals surface area (Å²) in [6.07, 6.45) is -5.62. The van der Waals surface area contributed by atoms with Gasteiger partial charge in [0, 0.05) is 26.7 Å². The minimum absolute atomic E-state index is 0.0129. The van der Waals surface area contributed by atoms with Gasteiger partial charge in [0.15, 0.2) is 0 Å². The number of alkyl halides is 3. The Bertz CT molecular complexity index is 295. The number of carbonyl (C=O) groups is 2. The molecule has 0 atom stereocenters. The van der Waals surface area contributed by atoms with Crippen LogP contribution in [-0.2, 0) is 4.79 Å². The second kappa shape index (κ2) is 7.07. The van der Waals surface area contributed by atoms with Crippen molar-refractivity contribution in [2.75, 3.05) is 26.7 Å². The Morgan fingerprint density at radius 1 is 1.22 bits per heavy atom. The molecule has 0 rings (SSSR count). The van der Waals surface area contributed by atoms with Gasteiger partial charge in [0.25, 0.3) is 0 Å². The largest absolute Gasteiger partial charge is 0.481 e. The lowest BCUT2D eigenvalue weighted by molar-refractivity contribution is -0.137. The molecule has 18 heavy (non-hydrogen) atoms. The van der Waals surface area contributed by atoms with Gasteiger partial charge in [-0.15, -0.1) is 0 Å². The summed E-state index contributed by atoms with van der Waals surface area (Å²) in [5.41, 5.74) is 0. The Hall–Kier alpha value is -1.47. The maximum Gasteiger partial charge on any atom is 0.390 e. The summed E-state index contributed by atoms with van der Waals surface area (Å²) < 4.78 is 36.0. The highest BCUT2D eigenvalue weighted by molar-refractivity contribution is 5.75. The van der Waals surface area contributed by atoms with Gasteiger partial charge in [-0.25, -0.2) is 4.79 Å². The number of urea groups is 1. The van der Waals surface area contributed by atoms with Crippen LogP contribution in [0.5, 0.6) is 0 Å². The molecule has 0 aliphatic heterocycles. The molecule has 1 N–H and O–H groups in total. The summed E-state index contributed by atoms with van der Waals surface area (Å²) in [5, 5.41) is 8.49. The monoisotopic (exact) mass is 270 g/mol. The van der Waals surface area contributed by atoms with E-state index in [2.05, 4.69) is 0 Å². The van der Waals surface area contributed by atoms with Crippen LogP contribution in [0.3, 0.4) is 0 Å². The van der Waals surface area contributed by atoms with Crippen molar-refractivity contribution in [3.63, 3.8) is 0 Å². The summed E-state index contributed by atoms with van der Waals surface area (Å²) in [5.74, 6) is -1.06. The highest BCUT2D eigenvalue weighted by Gasteiger charge is 2.28. The molecule has 0 aromatic rings. The number of rotatable bonds is 6. The topological polar surface area (TPSA) is 60.9 Å². The van der Waals surface area contributed by atoms with E-state index in [4.69, 9.17) is 5.11 Å². The van der Waals surface area contributed by atoms with Crippen molar-refractivity contribution in [3.05, 3.63) is 0 Å². The molecule has 0 spiro atoms. The van der Waals surface area contributed by atoms with Crippen LogP contribution in [-0.4, -0.2) is 59.8 Å². The molecular formula is C10H17F3N2O3. The lowest BCUT2D eigenvalue weighted by Crippen LogP contribution is -2.43. The molecule has 0 aromatic heterocycles. The van der Waals surface area contributed by atoms with Crippen molar-refractivity contribution in [3.8, 4) is 0 Å². The predicted molar refractivity (Wildman–Crippen MR) is 58.2 cm³/mol. The Kier molecular flexibility index (Phi) is 6.50. The predicted octanol–water partition coefficient (Wildman–Crippen LogP) is 1.79. The van der Waals surface area contributed by atoms with Crippen LogP contribution < -0.4 is 0 Å². The van der Waals surface area contributed by atoms with E-state index in [1.54, 1.807) is 6.92 Å². The molecule has 0 unspecified atom stereocenters. The van der Waals surface area contributed by atoms with Crippen LogP contribution in [0.15, 0.2) is 0 Å². The zero-order chi connectivity index (χ0) is 14.3. The Labute approximate surface area is 103 Å². The van der Waals surface area contributed by atoms with Crippen LogP contribution in [0.1, 0.15) is 19.8 Å². The van der Waals surface area contributed by atoms with Gasteiger partial charge in [-0.2, -0.15) is 13.2 Å². The first-order valence-electron chi connectivity index (χ1n) is 5.46. The molecule has 0 radical (unpaired) electrons. The highest BCUT2D eigenvalue weighted by Crippen LogP contribution is 2.19. The molecule has 8 heteroatoms. The third-order valence-electron chi connectivity index (χ3n) is 2.31. The SMILES string of the molecule is CCN(CCC(=O)O)C(=O)N(C)CCC(F)(F)F. The molecule has 0 fully saturated rings. The van der Waals surface area contributed by atoms with Gasteiger partial charge in [0.1, 0.15) is 0 Å². The van der Waals surface area contributed by atoms with Crippen molar-refractivity contribution in [1.82, 2.24) is 9.80 Å². The van der Waals surface area contributed by atoms with Crippen molar-refractivity contribution < 1.29 is 27.9 Å². The summed E-state index contributed by atoms with van der Waals surface area (Å²) in [7, 11) is 1.26. The normalized spacial score (nSPS) is 11.2. The number of hydrogen-bond donors (Lipinski definition) is 1. The van der Waals surface area contributed by atoms with E-state index in [1.807, 2.05) is 0 Å². The number of carbonyl (C=O) groups excluding carboxylic acids is 1. The quantitative estimate of drug-likeness (QED) is 0.800. The molecule has 0 saturated heterocycles. The van der Waals surface area contributed by atoms with Gasteiger partial charge in [0.05, 0.1) is 12.8 Å². The van der Waals surface area contributed by atoms with Gasteiger partial charge in [-0.3, -0.25) is 4.79 Å². The van der Waals surface area contributed by atoms with Crippen molar-refractivity contribution in [1.29, 1.82) is 0 Å². The van der Waals surface area contributed by atoms with Crippen LogP contribution in [0.4, 0.5) is 18.0 Å². The Morgan fingerprint density at radius 3 is 2.17 bits per heavy atom. The van der Waals surface area contributed by atoms with Crippen LogP contribution in [0, 0.1) is 0 Å². The second-order valence-corrected chi connectivity index (χ2v) is 3.79. The number of amides is 2. The molecule has 0 aromatic carbocycles. The number of carboxylic acid groups (broad SMARTS) is 1. The van der Waals surface area contributed by atoms with Crippen molar-refractivity contribution >= 4 is 12.0 Å². The molecule has 0 bridgehead atoms. The summed E-state index contributed by atoms with van der Waals surface area (Å²) in [6.45, 7) is 1.44. The third kappa shape index (κ3) is 6.97. The van der Waals surface area contributed by atoms with Gasteiger partial charge >= 0.3 is 18.2 Å². The van der Waals surface area contributed by atoms with Crippen LogP contribution in [0.25, 0.3) is 0 Å². The molecule has 0 saturated carbocycles. The third-order valence-corrected chi connectivity index (χ3v) is 2.31. The van der Waals surface area contributed by atoms with Gasteiger partial charge in [0.2, 0.25) is 0 Å². The van der Waals surface area contributed by atoms with Gasteiger partial charge in [-0.1, -0.05) is 0 Å². The highest BCUT2D eigenvalue weighted by atomic mass is 19.4.